The standard InChI is InChI=1S/C25H25NO13S2/c1-13-17(38-21(29)35-13)10-33-23(31)40-12-16(19(27)37-15-8-6-5-7-9-15)26-20(28)25(3,4)41-24(32)34-11-18-14(2)36-22(30)39-18/h5-9,16H,10-12H2,1-4H3,(H,26,28)/t16-/m0/s1. The van der Waals surface area contributed by atoms with Crippen LogP contribution in [0.25, 0.3) is 0 Å². The fourth-order valence-corrected chi connectivity index (χ4v) is 4.27. The minimum Gasteiger partial charge on any atom is -0.449 e. The summed E-state index contributed by atoms with van der Waals surface area (Å²) in [7, 11) is 0. The summed E-state index contributed by atoms with van der Waals surface area (Å²) in [5, 5.41) is 0.790. The highest BCUT2D eigenvalue weighted by molar-refractivity contribution is 8.15. The molecule has 0 aliphatic carbocycles. The first-order chi connectivity index (χ1) is 19.3. The lowest BCUT2D eigenvalue weighted by Crippen LogP contribution is -2.51. The number of thioether (sulfide) groups is 2. The third-order valence-corrected chi connectivity index (χ3v) is 6.95. The summed E-state index contributed by atoms with van der Waals surface area (Å²) in [4.78, 5) is 72.9. The lowest BCUT2D eigenvalue weighted by Gasteiger charge is -2.25. The molecule has 2 heterocycles. The minimum absolute atomic E-state index is 0.0175. The average Bonchev–Trinajstić information content (AvgIpc) is 3.41. The van der Waals surface area contributed by atoms with Crippen LogP contribution in [0, 0.1) is 13.8 Å². The van der Waals surface area contributed by atoms with Crippen LogP contribution in [0.15, 0.2) is 57.6 Å². The summed E-state index contributed by atoms with van der Waals surface area (Å²) < 4.78 is 32.9. The maximum absolute atomic E-state index is 13.1. The molecule has 16 heteroatoms. The van der Waals surface area contributed by atoms with E-state index in [4.69, 9.17) is 31.9 Å². The number of ether oxygens (including phenoxy) is 3. The van der Waals surface area contributed by atoms with Crippen LogP contribution >= 0.6 is 23.5 Å². The van der Waals surface area contributed by atoms with Crippen molar-refractivity contribution >= 4 is 46.0 Å². The van der Waals surface area contributed by atoms with E-state index in [1.807, 2.05) is 0 Å². The SMILES string of the molecule is Cc1oc(=O)oc1COC(=O)SC[C@H](NC(=O)C(C)(C)SC(=O)OCc1oc(=O)oc1C)C(=O)Oc1ccccc1. The van der Waals surface area contributed by atoms with Crippen molar-refractivity contribution in [1.82, 2.24) is 5.32 Å². The molecule has 0 unspecified atom stereocenters. The third-order valence-electron chi connectivity index (χ3n) is 5.12. The van der Waals surface area contributed by atoms with Gasteiger partial charge in [0.1, 0.15) is 11.8 Å². The highest BCUT2D eigenvalue weighted by Gasteiger charge is 2.36. The second-order valence-electron chi connectivity index (χ2n) is 8.63. The van der Waals surface area contributed by atoms with Crippen LogP contribution in [0.1, 0.15) is 36.9 Å². The summed E-state index contributed by atoms with van der Waals surface area (Å²) >= 11 is 1.07. The van der Waals surface area contributed by atoms with Gasteiger partial charge in [0, 0.05) is 5.75 Å². The van der Waals surface area contributed by atoms with Gasteiger partial charge in [0.2, 0.25) is 5.91 Å². The molecule has 0 saturated carbocycles. The molecule has 1 aromatic carbocycles. The lowest BCUT2D eigenvalue weighted by atomic mass is 10.2. The molecule has 1 atom stereocenters. The molecule has 1 N–H and O–H groups in total. The van der Waals surface area contributed by atoms with Crippen molar-refractivity contribution in [3.8, 4) is 5.75 Å². The van der Waals surface area contributed by atoms with Gasteiger partial charge in [-0.1, -0.05) is 18.2 Å². The van der Waals surface area contributed by atoms with Crippen LogP contribution in [0.5, 0.6) is 5.75 Å². The fourth-order valence-electron chi connectivity index (χ4n) is 2.92. The predicted molar refractivity (Wildman–Crippen MR) is 142 cm³/mol. The van der Waals surface area contributed by atoms with Crippen LogP contribution in [-0.4, -0.2) is 39.0 Å². The number of hydrogen-bond acceptors (Lipinski definition) is 15. The number of hydrogen-bond donors (Lipinski definition) is 1. The Labute approximate surface area is 240 Å². The van der Waals surface area contributed by atoms with Crippen LogP contribution < -0.4 is 21.7 Å². The Hall–Kier alpha value is -4.18. The van der Waals surface area contributed by atoms with E-state index >= 15 is 0 Å². The molecule has 0 aliphatic rings. The van der Waals surface area contributed by atoms with Crippen LogP contribution in [0.3, 0.4) is 0 Å². The largest absolute Gasteiger partial charge is 0.519 e. The summed E-state index contributed by atoms with van der Waals surface area (Å²) in [6, 6.07) is 6.71. The smallest absolute Gasteiger partial charge is 0.449 e. The maximum Gasteiger partial charge on any atom is 0.519 e. The van der Waals surface area contributed by atoms with Crippen molar-refractivity contribution < 1.29 is 51.1 Å². The van der Waals surface area contributed by atoms with E-state index in [0.29, 0.717) is 23.5 Å². The van der Waals surface area contributed by atoms with E-state index in [9.17, 15) is 28.8 Å². The summed E-state index contributed by atoms with van der Waals surface area (Å²) in [6.07, 6.45) is 0. The zero-order valence-electron chi connectivity index (χ0n) is 22.2. The van der Waals surface area contributed by atoms with Crippen molar-refractivity contribution in [2.45, 2.75) is 51.7 Å². The van der Waals surface area contributed by atoms with Crippen LogP contribution in [0.2, 0.25) is 0 Å². The number of benzene rings is 1. The van der Waals surface area contributed by atoms with Gasteiger partial charge in [0.25, 0.3) is 0 Å². The van der Waals surface area contributed by atoms with Gasteiger partial charge in [-0.15, -0.1) is 0 Å². The zero-order chi connectivity index (χ0) is 30.2. The van der Waals surface area contributed by atoms with Gasteiger partial charge in [-0.05, 0) is 63.4 Å². The normalized spacial score (nSPS) is 11.9. The van der Waals surface area contributed by atoms with E-state index in [-0.39, 0.29) is 41.2 Å². The zero-order valence-corrected chi connectivity index (χ0v) is 23.8. The molecule has 3 rings (SSSR count). The number of nitrogens with one attached hydrogen (secondary N) is 1. The van der Waals surface area contributed by atoms with E-state index in [0.717, 1.165) is 0 Å². The van der Waals surface area contributed by atoms with Gasteiger partial charge in [-0.25, -0.2) is 24.0 Å². The van der Waals surface area contributed by atoms with Gasteiger partial charge in [0.05, 0.1) is 4.75 Å². The number of amides is 1. The number of carbonyl (C=O) groups excluding carboxylic acids is 4. The number of carbonyl (C=O) groups is 4. The van der Waals surface area contributed by atoms with E-state index in [2.05, 4.69) is 5.32 Å². The first-order valence-corrected chi connectivity index (χ1v) is 13.6. The molecule has 0 fully saturated rings. The maximum atomic E-state index is 13.1. The monoisotopic (exact) mass is 611 g/mol. The second kappa shape index (κ2) is 13.9. The molecular formula is C25H25NO13S2. The molecule has 14 nitrogen and oxygen atoms in total. The molecular weight excluding hydrogens is 586 g/mol. The Bertz CT molecular complexity index is 1500. The van der Waals surface area contributed by atoms with Gasteiger partial charge >= 0.3 is 28.2 Å². The Morgan fingerprint density at radius 2 is 1.39 bits per heavy atom. The molecule has 2 aromatic heterocycles. The summed E-state index contributed by atoms with van der Waals surface area (Å²) in [5.74, 6) is -3.28. The van der Waals surface area contributed by atoms with E-state index < -0.39 is 51.5 Å². The van der Waals surface area contributed by atoms with Gasteiger partial charge in [-0.3, -0.25) is 4.79 Å². The van der Waals surface area contributed by atoms with Crippen molar-refractivity contribution in [3.05, 3.63) is 74.6 Å². The second-order valence-corrected chi connectivity index (χ2v) is 11.1. The predicted octanol–water partition coefficient (Wildman–Crippen LogP) is 3.70. The van der Waals surface area contributed by atoms with Crippen molar-refractivity contribution in [2.24, 2.45) is 0 Å². The van der Waals surface area contributed by atoms with Crippen LogP contribution in [-0.2, 0) is 32.3 Å². The summed E-state index contributed by atoms with van der Waals surface area (Å²) in [6.45, 7) is 4.96. The molecule has 41 heavy (non-hydrogen) atoms. The first kappa shape index (κ1) is 31.3. The Morgan fingerprint density at radius 3 is 1.90 bits per heavy atom. The Kier molecular flexibility index (Phi) is 10.7. The topological polar surface area (TPSA) is 195 Å². The van der Waals surface area contributed by atoms with Gasteiger partial charge in [0.15, 0.2) is 36.3 Å². The quantitative estimate of drug-likeness (QED) is 0.243. The lowest BCUT2D eigenvalue weighted by molar-refractivity contribution is -0.139. The number of aryl methyl sites for hydroxylation is 2. The van der Waals surface area contributed by atoms with Crippen LogP contribution in [0.4, 0.5) is 9.59 Å². The first-order valence-electron chi connectivity index (χ1n) is 11.8. The molecule has 1 amide bonds. The van der Waals surface area contributed by atoms with Crippen molar-refractivity contribution in [2.75, 3.05) is 5.75 Å². The van der Waals surface area contributed by atoms with Gasteiger partial charge < -0.3 is 37.2 Å². The molecule has 0 bridgehead atoms. The van der Waals surface area contributed by atoms with Gasteiger partial charge in [-0.2, -0.15) is 0 Å². The number of esters is 1. The molecule has 0 saturated heterocycles. The third kappa shape index (κ3) is 9.46. The summed E-state index contributed by atoms with van der Waals surface area (Å²) in [5.41, 5.74) is 0. The Balaban J connectivity index is 1.61. The molecule has 0 radical (unpaired) electrons. The molecule has 0 aliphatic heterocycles. The van der Waals surface area contributed by atoms with E-state index in [1.165, 1.54) is 39.8 Å². The fraction of sp³-hybridized carbons (Fsp3) is 0.360. The molecule has 3 aromatic rings. The number of para-hydroxylation sites is 1. The highest BCUT2D eigenvalue weighted by Crippen LogP contribution is 2.28. The average molecular weight is 612 g/mol. The van der Waals surface area contributed by atoms with Crippen molar-refractivity contribution in [1.29, 1.82) is 0 Å². The molecule has 220 valence electrons. The minimum atomic E-state index is -1.45. The number of rotatable bonds is 11. The Morgan fingerprint density at radius 1 is 0.854 bits per heavy atom. The molecule has 0 spiro atoms. The van der Waals surface area contributed by atoms with E-state index in [1.54, 1.807) is 18.2 Å². The highest BCUT2D eigenvalue weighted by atomic mass is 32.2. The van der Waals surface area contributed by atoms with Crippen molar-refractivity contribution in [3.63, 3.8) is 0 Å².